The van der Waals surface area contributed by atoms with Crippen LogP contribution in [-0.2, 0) is 17.6 Å². The fraction of sp³-hybridized carbons (Fsp3) is 0.625. The van der Waals surface area contributed by atoms with Gasteiger partial charge in [0.1, 0.15) is 11.4 Å². The molecule has 0 aliphatic carbocycles. The first-order valence-electron chi connectivity index (χ1n) is 7.51. The van der Waals surface area contributed by atoms with Crippen molar-refractivity contribution in [3.05, 3.63) is 23.4 Å². The maximum absolute atomic E-state index is 12.3. The summed E-state index contributed by atoms with van der Waals surface area (Å²) in [7, 11) is 0. The topological polar surface area (TPSA) is 62.7 Å². The number of hydrogen-bond donors (Lipinski definition) is 1. The zero-order valence-corrected chi connectivity index (χ0v) is 13.1. The Hall–Kier alpha value is -1.62. The van der Waals surface area contributed by atoms with Gasteiger partial charge in [-0.1, -0.05) is 6.07 Å². The molecular formula is C16H24N2O3. The van der Waals surface area contributed by atoms with Gasteiger partial charge in [0.15, 0.2) is 0 Å². The standard InChI is InChI=1S/C16H24N2O3/c1-16(2,3)21-15(20)18-10-4-6-12-8-9-13(7-5-11-19)17-14(12)18/h8-9,19H,4-7,10-11H2,1-3H3. The molecule has 0 atom stereocenters. The third kappa shape index (κ3) is 4.17. The molecule has 2 heterocycles. The van der Waals surface area contributed by atoms with Crippen LogP contribution >= 0.6 is 0 Å². The van der Waals surface area contributed by atoms with E-state index in [1.807, 2.05) is 32.9 Å². The fourth-order valence-electron chi connectivity index (χ4n) is 2.37. The second-order valence-electron chi connectivity index (χ2n) is 6.35. The zero-order valence-electron chi connectivity index (χ0n) is 13.1. The molecule has 0 aromatic carbocycles. The van der Waals surface area contributed by atoms with Crippen molar-refractivity contribution < 1.29 is 14.6 Å². The van der Waals surface area contributed by atoms with E-state index in [0.29, 0.717) is 25.2 Å². The predicted octanol–water partition coefficient (Wildman–Crippen LogP) is 2.69. The van der Waals surface area contributed by atoms with Gasteiger partial charge in [-0.25, -0.2) is 9.78 Å². The average Bonchev–Trinajstić information content (AvgIpc) is 2.42. The molecule has 0 spiro atoms. The Balaban J connectivity index is 2.22. The largest absolute Gasteiger partial charge is 0.443 e. The molecule has 0 fully saturated rings. The molecule has 116 valence electrons. The van der Waals surface area contributed by atoms with Gasteiger partial charge in [0.05, 0.1) is 0 Å². The molecule has 21 heavy (non-hydrogen) atoms. The van der Waals surface area contributed by atoms with Gasteiger partial charge in [-0.2, -0.15) is 0 Å². The van der Waals surface area contributed by atoms with Gasteiger partial charge in [-0.05, 0) is 58.1 Å². The molecule has 0 saturated carbocycles. The van der Waals surface area contributed by atoms with Crippen molar-refractivity contribution in [2.24, 2.45) is 0 Å². The Kier molecular flexibility index (Phi) is 4.83. The van der Waals surface area contributed by atoms with E-state index in [1.165, 1.54) is 0 Å². The summed E-state index contributed by atoms with van der Waals surface area (Å²) in [4.78, 5) is 18.6. The third-order valence-electron chi connectivity index (χ3n) is 3.30. The molecule has 5 nitrogen and oxygen atoms in total. The number of aryl methyl sites for hydroxylation is 2. The van der Waals surface area contributed by atoms with Gasteiger partial charge in [0.2, 0.25) is 0 Å². The number of anilines is 1. The lowest BCUT2D eigenvalue weighted by atomic mass is 10.0. The second-order valence-corrected chi connectivity index (χ2v) is 6.35. The highest BCUT2D eigenvalue weighted by Crippen LogP contribution is 2.27. The first kappa shape index (κ1) is 15.8. The SMILES string of the molecule is CC(C)(C)OC(=O)N1CCCc2ccc(CCCO)nc21. The minimum Gasteiger partial charge on any atom is -0.443 e. The molecule has 2 rings (SSSR count). The molecule has 0 saturated heterocycles. The lowest BCUT2D eigenvalue weighted by Crippen LogP contribution is -2.40. The number of carbonyl (C=O) groups is 1. The van der Waals surface area contributed by atoms with Gasteiger partial charge >= 0.3 is 6.09 Å². The molecule has 0 unspecified atom stereocenters. The van der Waals surface area contributed by atoms with Crippen LogP contribution < -0.4 is 4.90 Å². The van der Waals surface area contributed by atoms with Gasteiger partial charge in [-0.15, -0.1) is 0 Å². The highest BCUT2D eigenvalue weighted by atomic mass is 16.6. The van der Waals surface area contributed by atoms with E-state index in [9.17, 15) is 4.79 Å². The number of ether oxygens (including phenoxy) is 1. The minimum atomic E-state index is -0.511. The van der Waals surface area contributed by atoms with Crippen LogP contribution in [0.25, 0.3) is 0 Å². The Morgan fingerprint density at radius 2 is 2.19 bits per heavy atom. The van der Waals surface area contributed by atoms with Crippen LogP contribution in [0.4, 0.5) is 10.6 Å². The van der Waals surface area contributed by atoms with E-state index in [4.69, 9.17) is 9.84 Å². The van der Waals surface area contributed by atoms with Gasteiger partial charge in [-0.3, -0.25) is 4.90 Å². The normalized spacial score (nSPS) is 14.8. The van der Waals surface area contributed by atoms with Gasteiger partial charge < -0.3 is 9.84 Å². The van der Waals surface area contributed by atoms with Crippen molar-refractivity contribution in [3.63, 3.8) is 0 Å². The number of aliphatic hydroxyl groups excluding tert-OH is 1. The maximum atomic E-state index is 12.3. The Bertz CT molecular complexity index is 509. The summed E-state index contributed by atoms with van der Waals surface area (Å²) < 4.78 is 5.46. The molecule has 1 aliphatic heterocycles. The quantitative estimate of drug-likeness (QED) is 0.930. The molecule has 1 amide bonds. The van der Waals surface area contributed by atoms with E-state index in [0.717, 1.165) is 24.1 Å². The highest BCUT2D eigenvalue weighted by molar-refractivity contribution is 5.88. The molecular weight excluding hydrogens is 268 g/mol. The van der Waals surface area contributed by atoms with E-state index in [-0.39, 0.29) is 12.7 Å². The van der Waals surface area contributed by atoms with Crippen LogP contribution in [0.2, 0.25) is 0 Å². The number of hydrogen-bond acceptors (Lipinski definition) is 4. The summed E-state index contributed by atoms with van der Waals surface area (Å²) >= 11 is 0. The summed E-state index contributed by atoms with van der Waals surface area (Å²) in [5.41, 5.74) is 1.47. The average molecular weight is 292 g/mol. The number of amides is 1. The summed E-state index contributed by atoms with van der Waals surface area (Å²) in [5.74, 6) is 0.714. The van der Waals surface area contributed by atoms with Crippen LogP contribution in [-0.4, -0.2) is 34.9 Å². The van der Waals surface area contributed by atoms with Crippen LogP contribution in [0.15, 0.2) is 12.1 Å². The number of aromatic nitrogens is 1. The van der Waals surface area contributed by atoms with Crippen molar-refractivity contribution in [1.29, 1.82) is 0 Å². The van der Waals surface area contributed by atoms with Gasteiger partial charge in [0.25, 0.3) is 0 Å². The van der Waals surface area contributed by atoms with Crippen molar-refractivity contribution in [2.75, 3.05) is 18.1 Å². The summed E-state index contributed by atoms with van der Waals surface area (Å²) in [5, 5.41) is 8.92. The first-order valence-corrected chi connectivity index (χ1v) is 7.51. The number of carbonyl (C=O) groups excluding carboxylic acids is 1. The lowest BCUT2D eigenvalue weighted by molar-refractivity contribution is 0.0576. The molecule has 0 radical (unpaired) electrons. The Morgan fingerprint density at radius 3 is 2.86 bits per heavy atom. The first-order chi connectivity index (χ1) is 9.90. The van der Waals surface area contributed by atoms with E-state index in [2.05, 4.69) is 4.98 Å². The number of nitrogens with zero attached hydrogens (tertiary/aromatic N) is 2. The summed E-state index contributed by atoms with van der Waals surface area (Å²) in [6.45, 7) is 6.37. The van der Waals surface area contributed by atoms with Crippen molar-refractivity contribution in [3.8, 4) is 0 Å². The number of fused-ring (bicyclic) bond motifs is 1. The van der Waals surface area contributed by atoms with Gasteiger partial charge in [0, 0.05) is 18.8 Å². The fourth-order valence-corrected chi connectivity index (χ4v) is 2.37. The monoisotopic (exact) mass is 292 g/mol. The second kappa shape index (κ2) is 6.43. The molecule has 0 bridgehead atoms. The zero-order chi connectivity index (χ0) is 15.5. The van der Waals surface area contributed by atoms with Crippen molar-refractivity contribution >= 4 is 11.9 Å². The number of rotatable bonds is 3. The van der Waals surface area contributed by atoms with Crippen LogP contribution in [0, 0.1) is 0 Å². The molecule has 5 heteroatoms. The Morgan fingerprint density at radius 1 is 1.43 bits per heavy atom. The number of pyridine rings is 1. The molecule has 1 aromatic heterocycles. The van der Waals surface area contributed by atoms with Crippen LogP contribution in [0.3, 0.4) is 0 Å². The smallest absolute Gasteiger partial charge is 0.416 e. The summed E-state index contributed by atoms with van der Waals surface area (Å²) in [6.07, 6.45) is 2.91. The number of aliphatic hydroxyl groups is 1. The maximum Gasteiger partial charge on any atom is 0.416 e. The molecule has 1 aromatic rings. The Labute approximate surface area is 125 Å². The van der Waals surface area contributed by atoms with E-state index >= 15 is 0 Å². The van der Waals surface area contributed by atoms with Crippen LogP contribution in [0.5, 0.6) is 0 Å². The molecule has 1 N–H and O–H groups in total. The summed E-state index contributed by atoms with van der Waals surface area (Å²) in [6, 6.07) is 4.01. The molecule has 1 aliphatic rings. The van der Waals surface area contributed by atoms with E-state index < -0.39 is 5.60 Å². The van der Waals surface area contributed by atoms with Crippen molar-refractivity contribution in [2.45, 2.75) is 52.1 Å². The minimum absolute atomic E-state index is 0.147. The third-order valence-corrected chi connectivity index (χ3v) is 3.30. The van der Waals surface area contributed by atoms with Crippen LogP contribution in [0.1, 0.15) is 44.9 Å². The highest BCUT2D eigenvalue weighted by Gasteiger charge is 2.28. The lowest BCUT2D eigenvalue weighted by Gasteiger charge is -2.31. The predicted molar refractivity (Wildman–Crippen MR) is 81.5 cm³/mol. The van der Waals surface area contributed by atoms with E-state index in [1.54, 1.807) is 4.90 Å². The van der Waals surface area contributed by atoms with Crippen molar-refractivity contribution in [1.82, 2.24) is 4.98 Å².